The van der Waals surface area contributed by atoms with Gasteiger partial charge in [-0.3, -0.25) is 4.90 Å². The molecule has 0 radical (unpaired) electrons. The van der Waals surface area contributed by atoms with Crippen LogP contribution in [0.2, 0.25) is 0 Å². The van der Waals surface area contributed by atoms with Crippen LogP contribution < -0.4 is 4.74 Å². The van der Waals surface area contributed by atoms with Crippen LogP contribution >= 0.6 is 0 Å². The highest BCUT2D eigenvalue weighted by Gasteiger charge is 2.42. The lowest BCUT2D eigenvalue weighted by Crippen LogP contribution is -2.51. The number of nitrogens with zero attached hydrogens (tertiary/aromatic N) is 2. The molecular weight excluding hydrogens is 343 g/mol. The summed E-state index contributed by atoms with van der Waals surface area (Å²) >= 11 is 0. The summed E-state index contributed by atoms with van der Waals surface area (Å²) in [6.07, 6.45) is 5.14. The summed E-state index contributed by atoms with van der Waals surface area (Å²) in [5, 5.41) is 5.05. The van der Waals surface area contributed by atoms with Crippen molar-refractivity contribution in [3.05, 3.63) is 59.5 Å². The quantitative estimate of drug-likeness (QED) is 0.687. The third-order valence-electron chi connectivity index (χ3n) is 5.83. The Morgan fingerprint density at radius 2 is 2.11 bits per heavy atom. The van der Waals surface area contributed by atoms with E-state index in [1.807, 2.05) is 6.07 Å². The summed E-state index contributed by atoms with van der Waals surface area (Å²) in [6.45, 7) is 3.11. The van der Waals surface area contributed by atoms with Crippen LogP contribution in [0.25, 0.3) is 11.0 Å². The van der Waals surface area contributed by atoms with Crippen LogP contribution in [0.3, 0.4) is 0 Å². The molecule has 2 aliphatic heterocycles. The van der Waals surface area contributed by atoms with Gasteiger partial charge in [0.2, 0.25) is 0 Å². The van der Waals surface area contributed by atoms with Crippen LogP contribution in [0.15, 0.2) is 47.0 Å². The molecule has 1 atom stereocenters. The number of piperidine rings is 1. The van der Waals surface area contributed by atoms with Gasteiger partial charge in [-0.1, -0.05) is 23.4 Å². The number of ether oxygens (including phenoxy) is 1. The molecule has 3 heterocycles. The number of likely N-dealkylation sites (tertiary alicyclic amines) is 1. The lowest BCUT2D eigenvalue weighted by molar-refractivity contribution is 0.00799. The van der Waals surface area contributed by atoms with Crippen molar-refractivity contribution in [1.29, 1.82) is 0 Å². The van der Waals surface area contributed by atoms with E-state index in [0.29, 0.717) is 5.58 Å². The number of aryl methyl sites for hydroxylation is 1. The lowest BCUT2D eigenvalue weighted by Gasteiger charge is -2.39. The third-order valence-corrected chi connectivity index (χ3v) is 5.83. The van der Waals surface area contributed by atoms with Crippen molar-refractivity contribution in [3.63, 3.8) is 0 Å². The van der Waals surface area contributed by atoms with Crippen molar-refractivity contribution >= 4 is 11.0 Å². The number of fused-ring (bicyclic) bond motifs is 2. The number of para-hydroxylation sites is 1. The van der Waals surface area contributed by atoms with Crippen LogP contribution in [0.4, 0.5) is 4.39 Å². The van der Waals surface area contributed by atoms with Gasteiger partial charge in [0, 0.05) is 24.4 Å². The van der Waals surface area contributed by atoms with E-state index in [-0.39, 0.29) is 11.4 Å². The van der Waals surface area contributed by atoms with Crippen LogP contribution in [-0.4, -0.2) is 35.3 Å². The summed E-state index contributed by atoms with van der Waals surface area (Å²) in [6, 6.07) is 13.0. The Labute approximate surface area is 157 Å². The van der Waals surface area contributed by atoms with E-state index < -0.39 is 0 Å². The van der Waals surface area contributed by atoms with Crippen LogP contribution in [0.1, 0.15) is 30.5 Å². The predicted molar refractivity (Wildman–Crippen MR) is 101 cm³/mol. The van der Waals surface area contributed by atoms with E-state index in [1.54, 1.807) is 6.07 Å². The molecular formula is C22H23FN2O2. The van der Waals surface area contributed by atoms with E-state index >= 15 is 0 Å². The number of rotatable bonds is 4. The molecule has 27 heavy (non-hydrogen) atoms. The molecule has 4 nitrogen and oxygen atoms in total. The first-order chi connectivity index (χ1) is 13.2. The first-order valence-electron chi connectivity index (χ1n) is 9.74. The molecule has 3 aromatic rings. The Balaban J connectivity index is 1.20. The third kappa shape index (κ3) is 3.21. The van der Waals surface area contributed by atoms with Crippen molar-refractivity contribution in [2.75, 3.05) is 19.6 Å². The highest BCUT2D eigenvalue weighted by Crippen LogP contribution is 2.39. The van der Waals surface area contributed by atoms with Crippen molar-refractivity contribution in [3.8, 4) is 5.75 Å². The fourth-order valence-corrected chi connectivity index (χ4v) is 4.59. The first kappa shape index (κ1) is 16.8. The summed E-state index contributed by atoms with van der Waals surface area (Å²) in [5.74, 6) is 0.766. The molecule has 1 unspecified atom stereocenters. The summed E-state index contributed by atoms with van der Waals surface area (Å²) in [7, 11) is 0. The maximum atomic E-state index is 13.3. The fraction of sp³-hybridized carbons (Fsp3) is 0.409. The molecule has 5 rings (SSSR count). The van der Waals surface area contributed by atoms with Crippen molar-refractivity contribution in [2.24, 2.45) is 0 Å². The second kappa shape index (κ2) is 6.64. The Bertz CT molecular complexity index is 943. The zero-order valence-electron chi connectivity index (χ0n) is 15.3. The van der Waals surface area contributed by atoms with E-state index in [9.17, 15) is 4.39 Å². The van der Waals surface area contributed by atoms with Gasteiger partial charge in [0.15, 0.2) is 5.58 Å². The number of halogens is 1. The molecule has 0 saturated carbocycles. The summed E-state index contributed by atoms with van der Waals surface area (Å²) < 4.78 is 24.9. The molecule has 1 fully saturated rings. The van der Waals surface area contributed by atoms with Gasteiger partial charge in [0.05, 0.1) is 5.69 Å². The smallest absolute Gasteiger partial charge is 0.170 e. The average molecular weight is 366 g/mol. The van der Waals surface area contributed by atoms with Gasteiger partial charge in [0.1, 0.15) is 17.2 Å². The van der Waals surface area contributed by atoms with Crippen molar-refractivity contribution in [1.82, 2.24) is 10.1 Å². The van der Waals surface area contributed by atoms with Gasteiger partial charge in [-0.05, 0) is 62.5 Å². The minimum Gasteiger partial charge on any atom is -0.485 e. The minimum absolute atomic E-state index is 0.0555. The molecule has 2 aromatic carbocycles. The number of hydrogen-bond acceptors (Lipinski definition) is 4. The van der Waals surface area contributed by atoms with E-state index in [0.717, 1.165) is 62.1 Å². The Morgan fingerprint density at radius 3 is 3.04 bits per heavy atom. The SMILES string of the molecule is Fc1ccc2c(CCCN3CCCC4(Cc5ccccc5O4)C3)noc2c1. The standard InChI is InChI=1S/C22H23FN2O2/c23-17-8-9-18-19(24-27-21(18)13-17)6-3-11-25-12-4-10-22(15-25)14-16-5-1-2-7-20(16)26-22/h1-2,5,7-9,13H,3-4,6,10-12,14-15H2. The molecule has 1 saturated heterocycles. The molecule has 140 valence electrons. The molecule has 0 aliphatic carbocycles. The molecule has 0 amide bonds. The number of benzene rings is 2. The zero-order valence-corrected chi connectivity index (χ0v) is 15.3. The Kier molecular flexibility index (Phi) is 4.12. The maximum Gasteiger partial charge on any atom is 0.170 e. The molecule has 0 N–H and O–H groups in total. The number of aromatic nitrogens is 1. The largest absolute Gasteiger partial charge is 0.485 e. The highest BCUT2D eigenvalue weighted by molar-refractivity contribution is 5.79. The van der Waals surface area contributed by atoms with Gasteiger partial charge in [0.25, 0.3) is 0 Å². The van der Waals surface area contributed by atoms with Crippen molar-refractivity contribution in [2.45, 2.75) is 37.7 Å². The number of hydrogen-bond donors (Lipinski definition) is 0. The normalized spacial score (nSPS) is 22.3. The van der Waals surface area contributed by atoms with Crippen LogP contribution in [0.5, 0.6) is 5.75 Å². The van der Waals surface area contributed by atoms with Crippen molar-refractivity contribution < 1.29 is 13.7 Å². The van der Waals surface area contributed by atoms with Gasteiger partial charge in [-0.2, -0.15) is 0 Å². The Morgan fingerprint density at radius 1 is 1.19 bits per heavy atom. The lowest BCUT2D eigenvalue weighted by atomic mass is 9.88. The predicted octanol–water partition coefficient (Wildman–Crippen LogP) is 4.37. The first-order valence-corrected chi connectivity index (χ1v) is 9.74. The highest BCUT2D eigenvalue weighted by atomic mass is 19.1. The van der Waals surface area contributed by atoms with E-state index in [4.69, 9.17) is 9.26 Å². The minimum atomic E-state index is -0.290. The van der Waals surface area contributed by atoms with E-state index in [1.165, 1.54) is 24.1 Å². The summed E-state index contributed by atoms with van der Waals surface area (Å²) in [5.41, 5.74) is 2.72. The molecule has 2 aliphatic rings. The monoisotopic (exact) mass is 366 g/mol. The second-order valence-corrected chi connectivity index (χ2v) is 7.82. The van der Waals surface area contributed by atoms with Crippen LogP contribution in [-0.2, 0) is 12.8 Å². The summed E-state index contributed by atoms with van der Waals surface area (Å²) in [4.78, 5) is 2.51. The second-order valence-electron chi connectivity index (χ2n) is 7.82. The van der Waals surface area contributed by atoms with Gasteiger partial charge in [-0.15, -0.1) is 0 Å². The molecule has 0 bridgehead atoms. The molecule has 5 heteroatoms. The topological polar surface area (TPSA) is 38.5 Å². The molecule has 1 aromatic heterocycles. The van der Waals surface area contributed by atoms with Gasteiger partial charge < -0.3 is 9.26 Å². The van der Waals surface area contributed by atoms with Gasteiger partial charge >= 0.3 is 0 Å². The van der Waals surface area contributed by atoms with E-state index in [2.05, 4.69) is 28.3 Å². The average Bonchev–Trinajstić information content (AvgIpc) is 3.22. The fourth-order valence-electron chi connectivity index (χ4n) is 4.59. The van der Waals surface area contributed by atoms with Gasteiger partial charge in [-0.25, -0.2) is 4.39 Å². The van der Waals surface area contributed by atoms with Crippen LogP contribution in [0, 0.1) is 5.82 Å². The molecule has 1 spiro atoms. The zero-order chi connectivity index (χ0) is 18.3. The maximum absolute atomic E-state index is 13.3. The Hall–Kier alpha value is -2.40.